The first-order valence-corrected chi connectivity index (χ1v) is 7.31. The van der Waals surface area contributed by atoms with E-state index in [9.17, 15) is 0 Å². The molecule has 0 aliphatic heterocycles. The highest BCUT2D eigenvalue weighted by Crippen LogP contribution is 2.27. The summed E-state index contributed by atoms with van der Waals surface area (Å²) in [5.74, 6) is 0.776. The number of benzene rings is 1. The highest BCUT2D eigenvalue weighted by atomic mass is 79.9. The van der Waals surface area contributed by atoms with Crippen LogP contribution in [0.1, 0.15) is 24.5 Å². The van der Waals surface area contributed by atoms with Gasteiger partial charge in [-0.25, -0.2) is 9.97 Å². The van der Waals surface area contributed by atoms with E-state index < -0.39 is 0 Å². The van der Waals surface area contributed by atoms with Gasteiger partial charge in [0.1, 0.15) is 17.3 Å². The van der Waals surface area contributed by atoms with Crippen LogP contribution < -0.4 is 5.32 Å². The fourth-order valence-electron chi connectivity index (χ4n) is 1.78. The molecule has 0 radical (unpaired) electrons. The summed E-state index contributed by atoms with van der Waals surface area (Å²) in [5.41, 5.74) is 3.13. The Labute approximate surface area is 126 Å². The van der Waals surface area contributed by atoms with Gasteiger partial charge >= 0.3 is 0 Å². The van der Waals surface area contributed by atoms with E-state index in [1.54, 1.807) is 0 Å². The predicted molar refractivity (Wildman–Crippen MR) is 83.2 cm³/mol. The highest BCUT2D eigenvalue weighted by molar-refractivity contribution is 9.10. The third kappa shape index (κ3) is 3.45. The lowest BCUT2D eigenvalue weighted by atomic mass is 10.1. The van der Waals surface area contributed by atoms with Gasteiger partial charge in [0, 0.05) is 15.7 Å². The van der Waals surface area contributed by atoms with Gasteiger partial charge in [0.2, 0.25) is 0 Å². The predicted octanol–water partition coefficient (Wildman–Crippen LogP) is 4.90. The van der Waals surface area contributed by atoms with Crippen molar-refractivity contribution in [2.45, 2.75) is 26.7 Å². The van der Waals surface area contributed by atoms with E-state index in [0.29, 0.717) is 5.15 Å². The lowest BCUT2D eigenvalue weighted by molar-refractivity contribution is 0.904. The lowest BCUT2D eigenvalue weighted by Crippen LogP contribution is -2.01. The van der Waals surface area contributed by atoms with Crippen LogP contribution in [0.25, 0.3) is 0 Å². The van der Waals surface area contributed by atoms with Gasteiger partial charge in [-0.05, 0) is 31.0 Å². The Balaban J connectivity index is 2.32. The first-order valence-electron chi connectivity index (χ1n) is 6.14. The molecule has 1 aromatic carbocycles. The number of hydrogen-bond donors (Lipinski definition) is 1. The molecular weight excluding hydrogens is 326 g/mol. The van der Waals surface area contributed by atoms with E-state index >= 15 is 0 Å². The Bertz CT molecular complexity index is 587. The first-order chi connectivity index (χ1) is 9.11. The molecule has 0 fully saturated rings. The summed E-state index contributed by atoms with van der Waals surface area (Å²) in [6, 6.07) is 6.10. The summed E-state index contributed by atoms with van der Waals surface area (Å²) in [6.45, 7) is 4.16. The second-order valence-corrected chi connectivity index (χ2v) is 5.54. The van der Waals surface area contributed by atoms with Crippen molar-refractivity contribution in [1.29, 1.82) is 0 Å². The van der Waals surface area contributed by atoms with Gasteiger partial charge in [0.15, 0.2) is 0 Å². The van der Waals surface area contributed by atoms with Crippen molar-refractivity contribution >= 4 is 39.0 Å². The van der Waals surface area contributed by atoms with Crippen LogP contribution in [0.5, 0.6) is 0 Å². The first kappa shape index (κ1) is 14.3. The zero-order valence-electron chi connectivity index (χ0n) is 10.9. The molecule has 0 atom stereocenters. The Morgan fingerprint density at radius 2 is 2.11 bits per heavy atom. The van der Waals surface area contributed by atoms with Gasteiger partial charge in [-0.3, -0.25) is 0 Å². The second kappa shape index (κ2) is 6.35. The standard InChI is InChI=1S/C14H15BrClN3/c1-3-4-11-13(16)17-8-18-14(11)19-10-6-5-9(2)12(15)7-10/h5-8H,3-4H2,1-2H3,(H,17,18,19). The van der Waals surface area contributed by atoms with Crippen molar-refractivity contribution in [2.24, 2.45) is 0 Å². The maximum Gasteiger partial charge on any atom is 0.138 e. The molecule has 19 heavy (non-hydrogen) atoms. The molecule has 1 aromatic heterocycles. The minimum atomic E-state index is 0.519. The summed E-state index contributed by atoms with van der Waals surface area (Å²) in [7, 11) is 0. The van der Waals surface area contributed by atoms with Gasteiger partial charge in [0.25, 0.3) is 0 Å². The number of aromatic nitrogens is 2. The van der Waals surface area contributed by atoms with Crippen molar-refractivity contribution in [3.05, 3.63) is 45.3 Å². The quantitative estimate of drug-likeness (QED) is 0.805. The Kier molecular flexibility index (Phi) is 4.77. The van der Waals surface area contributed by atoms with E-state index in [0.717, 1.165) is 34.4 Å². The van der Waals surface area contributed by atoms with Crippen molar-refractivity contribution in [3.8, 4) is 0 Å². The molecule has 5 heteroatoms. The molecule has 0 saturated heterocycles. The summed E-state index contributed by atoms with van der Waals surface area (Å²) in [4.78, 5) is 8.32. The molecule has 100 valence electrons. The maximum atomic E-state index is 6.13. The summed E-state index contributed by atoms with van der Waals surface area (Å²) < 4.78 is 1.06. The minimum absolute atomic E-state index is 0.519. The average molecular weight is 341 g/mol. The number of halogens is 2. The van der Waals surface area contributed by atoms with E-state index in [1.807, 2.05) is 12.1 Å². The molecule has 2 aromatic rings. The van der Waals surface area contributed by atoms with Gasteiger partial charge in [0.05, 0.1) is 0 Å². The van der Waals surface area contributed by atoms with E-state index in [-0.39, 0.29) is 0 Å². The van der Waals surface area contributed by atoms with Gasteiger partial charge < -0.3 is 5.32 Å². The van der Waals surface area contributed by atoms with Crippen molar-refractivity contribution in [1.82, 2.24) is 9.97 Å². The van der Waals surface area contributed by atoms with E-state index in [4.69, 9.17) is 11.6 Å². The minimum Gasteiger partial charge on any atom is -0.340 e. The van der Waals surface area contributed by atoms with Crippen LogP contribution in [0.15, 0.2) is 29.0 Å². The summed E-state index contributed by atoms with van der Waals surface area (Å²) in [6.07, 6.45) is 3.33. The van der Waals surface area contributed by atoms with Crippen molar-refractivity contribution < 1.29 is 0 Å². The fraction of sp³-hybridized carbons (Fsp3) is 0.286. The number of aryl methyl sites for hydroxylation is 1. The normalized spacial score (nSPS) is 10.5. The zero-order chi connectivity index (χ0) is 13.8. The Hall–Kier alpha value is -1.13. The van der Waals surface area contributed by atoms with Gasteiger partial charge in [-0.1, -0.05) is 46.9 Å². The number of rotatable bonds is 4. The number of nitrogens with zero attached hydrogens (tertiary/aromatic N) is 2. The largest absolute Gasteiger partial charge is 0.340 e. The Morgan fingerprint density at radius 3 is 2.79 bits per heavy atom. The molecular formula is C14H15BrClN3. The van der Waals surface area contributed by atoms with Crippen LogP contribution in [0.2, 0.25) is 5.15 Å². The van der Waals surface area contributed by atoms with Crippen LogP contribution in [0, 0.1) is 6.92 Å². The second-order valence-electron chi connectivity index (χ2n) is 4.33. The molecule has 1 heterocycles. The summed E-state index contributed by atoms with van der Waals surface area (Å²) in [5, 5.41) is 3.82. The Morgan fingerprint density at radius 1 is 1.32 bits per heavy atom. The maximum absolute atomic E-state index is 6.13. The van der Waals surface area contributed by atoms with Crippen LogP contribution in [-0.2, 0) is 6.42 Å². The van der Waals surface area contributed by atoms with Gasteiger partial charge in [-0.15, -0.1) is 0 Å². The van der Waals surface area contributed by atoms with E-state index in [1.165, 1.54) is 11.9 Å². The monoisotopic (exact) mass is 339 g/mol. The van der Waals surface area contributed by atoms with Crippen molar-refractivity contribution in [2.75, 3.05) is 5.32 Å². The third-order valence-electron chi connectivity index (χ3n) is 2.83. The van der Waals surface area contributed by atoms with Gasteiger partial charge in [-0.2, -0.15) is 0 Å². The number of nitrogens with one attached hydrogen (secondary N) is 1. The number of hydrogen-bond acceptors (Lipinski definition) is 3. The zero-order valence-corrected chi connectivity index (χ0v) is 13.2. The SMILES string of the molecule is CCCc1c(Cl)ncnc1Nc1ccc(C)c(Br)c1. The van der Waals surface area contributed by atoms with Crippen LogP contribution in [0.3, 0.4) is 0 Å². The summed E-state index contributed by atoms with van der Waals surface area (Å²) >= 11 is 9.65. The van der Waals surface area contributed by atoms with Crippen LogP contribution in [0.4, 0.5) is 11.5 Å². The topological polar surface area (TPSA) is 37.8 Å². The molecule has 0 unspecified atom stereocenters. The average Bonchev–Trinajstić information content (AvgIpc) is 2.38. The molecule has 0 amide bonds. The lowest BCUT2D eigenvalue weighted by Gasteiger charge is -2.12. The highest BCUT2D eigenvalue weighted by Gasteiger charge is 2.09. The van der Waals surface area contributed by atoms with Crippen molar-refractivity contribution in [3.63, 3.8) is 0 Å². The molecule has 0 aliphatic rings. The molecule has 0 bridgehead atoms. The van der Waals surface area contributed by atoms with Crippen LogP contribution in [-0.4, -0.2) is 9.97 Å². The smallest absolute Gasteiger partial charge is 0.138 e. The molecule has 1 N–H and O–H groups in total. The molecule has 0 saturated carbocycles. The fourth-order valence-corrected chi connectivity index (χ4v) is 2.38. The molecule has 0 aliphatic carbocycles. The molecule has 3 nitrogen and oxygen atoms in total. The van der Waals surface area contributed by atoms with E-state index in [2.05, 4.69) is 51.1 Å². The molecule has 0 spiro atoms. The number of anilines is 2. The molecule has 2 rings (SSSR count). The van der Waals surface area contributed by atoms with Crippen LogP contribution >= 0.6 is 27.5 Å². The third-order valence-corrected chi connectivity index (χ3v) is 4.01.